The van der Waals surface area contributed by atoms with Crippen LogP contribution in [0.4, 0.5) is 13.2 Å². The second-order valence-corrected chi connectivity index (χ2v) is 8.30. The van der Waals surface area contributed by atoms with Gasteiger partial charge in [-0.05, 0) is 18.8 Å². The Labute approximate surface area is 150 Å². The number of hydrogen-bond acceptors (Lipinski definition) is 8. The van der Waals surface area contributed by atoms with Gasteiger partial charge in [0.2, 0.25) is 6.10 Å². The van der Waals surface area contributed by atoms with Crippen LogP contribution in [0, 0.1) is 23.7 Å². The highest BCUT2D eigenvalue weighted by Gasteiger charge is 2.64. The summed E-state index contributed by atoms with van der Waals surface area (Å²) in [6.45, 7) is -1.17. The first kappa shape index (κ1) is 19.9. The number of carbonyl (C=O) groups is 3. The van der Waals surface area contributed by atoms with E-state index in [1.165, 1.54) is 0 Å². The van der Waals surface area contributed by atoms with E-state index in [0.29, 0.717) is 12.8 Å². The summed E-state index contributed by atoms with van der Waals surface area (Å²) >= 11 is 0. The van der Waals surface area contributed by atoms with Crippen LogP contribution in [-0.2, 0) is 38.7 Å². The topological polar surface area (TPSA) is 133 Å². The van der Waals surface area contributed by atoms with Crippen LogP contribution in [0.2, 0.25) is 0 Å². The van der Waals surface area contributed by atoms with Gasteiger partial charge >= 0.3 is 24.1 Å². The Morgan fingerprint density at radius 2 is 1.96 bits per heavy atom. The average Bonchev–Trinajstić information content (AvgIpc) is 3.12. The van der Waals surface area contributed by atoms with Crippen molar-refractivity contribution in [3.63, 3.8) is 0 Å². The van der Waals surface area contributed by atoms with Crippen LogP contribution in [-0.4, -0.2) is 61.6 Å². The van der Waals surface area contributed by atoms with E-state index in [9.17, 15) is 36.0 Å². The molecule has 0 spiro atoms. The summed E-state index contributed by atoms with van der Waals surface area (Å²) in [7, 11) is -5.07. The fourth-order valence-electron chi connectivity index (χ4n) is 4.09. The first-order valence-electron chi connectivity index (χ1n) is 7.95. The standard InChI is InChI=1S/C14H15F3O9S/c15-14(16,17)8(4-27(21,22)23)25-9(18)3-24-13(20)10-5-1-6-7(2-5)12(19)26-11(6)10/h5-8,10-11H,1-4H2,(H,21,22,23). The van der Waals surface area contributed by atoms with Gasteiger partial charge in [0.15, 0.2) is 6.61 Å². The number of rotatable bonds is 6. The van der Waals surface area contributed by atoms with E-state index in [4.69, 9.17) is 9.29 Å². The fourth-order valence-corrected chi connectivity index (χ4v) is 4.73. The third-order valence-electron chi connectivity index (χ3n) is 5.09. The second kappa shape index (κ2) is 6.62. The van der Waals surface area contributed by atoms with Gasteiger partial charge in [-0.2, -0.15) is 21.6 Å². The molecule has 2 aliphatic carbocycles. The van der Waals surface area contributed by atoms with Crippen LogP contribution in [0.3, 0.4) is 0 Å². The monoisotopic (exact) mass is 416 g/mol. The zero-order valence-electron chi connectivity index (χ0n) is 13.5. The van der Waals surface area contributed by atoms with E-state index < -0.39 is 58.7 Å². The second-order valence-electron chi connectivity index (χ2n) is 6.81. The number of fused-ring (bicyclic) bond motifs is 1. The molecule has 1 aliphatic heterocycles. The lowest BCUT2D eigenvalue weighted by molar-refractivity contribution is -0.217. The van der Waals surface area contributed by atoms with Crippen LogP contribution in [0.1, 0.15) is 12.8 Å². The average molecular weight is 416 g/mol. The van der Waals surface area contributed by atoms with E-state index >= 15 is 0 Å². The van der Waals surface area contributed by atoms with Gasteiger partial charge in [-0.3, -0.25) is 14.1 Å². The molecule has 6 atom stereocenters. The molecule has 152 valence electrons. The summed E-state index contributed by atoms with van der Waals surface area (Å²) in [4.78, 5) is 35.3. The number of ether oxygens (including phenoxy) is 3. The van der Waals surface area contributed by atoms with Crippen molar-refractivity contribution < 1.29 is 54.7 Å². The van der Waals surface area contributed by atoms with Crippen LogP contribution in [0.5, 0.6) is 0 Å². The zero-order chi connectivity index (χ0) is 20.1. The number of esters is 3. The lowest BCUT2D eigenvalue weighted by Gasteiger charge is -2.23. The molecule has 13 heteroatoms. The van der Waals surface area contributed by atoms with Gasteiger partial charge in [0.1, 0.15) is 11.9 Å². The van der Waals surface area contributed by atoms with Crippen LogP contribution in [0.15, 0.2) is 0 Å². The Morgan fingerprint density at radius 3 is 2.56 bits per heavy atom. The van der Waals surface area contributed by atoms with Gasteiger partial charge in [-0.25, -0.2) is 4.79 Å². The third kappa shape index (κ3) is 4.03. The van der Waals surface area contributed by atoms with Crippen molar-refractivity contribution in [3.05, 3.63) is 0 Å². The molecule has 0 radical (unpaired) electrons. The van der Waals surface area contributed by atoms with Crippen molar-refractivity contribution in [2.75, 3.05) is 12.4 Å². The van der Waals surface area contributed by atoms with Crippen molar-refractivity contribution in [2.24, 2.45) is 23.7 Å². The zero-order valence-corrected chi connectivity index (χ0v) is 14.4. The molecule has 0 aromatic rings. The molecule has 0 aromatic carbocycles. The van der Waals surface area contributed by atoms with Gasteiger partial charge in [0, 0.05) is 5.92 Å². The maximum absolute atomic E-state index is 12.7. The highest BCUT2D eigenvalue weighted by atomic mass is 32.2. The SMILES string of the molecule is O=C(COC(=O)C1C2CC3C(=O)OC1C3C2)OC(CS(=O)(=O)O)C(F)(F)F. The molecule has 2 saturated carbocycles. The van der Waals surface area contributed by atoms with Gasteiger partial charge in [0.25, 0.3) is 10.1 Å². The van der Waals surface area contributed by atoms with Gasteiger partial charge < -0.3 is 14.2 Å². The van der Waals surface area contributed by atoms with Crippen LogP contribution >= 0.6 is 0 Å². The highest BCUT2D eigenvalue weighted by molar-refractivity contribution is 7.85. The predicted octanol–water partition coefficient (Wildman–Crippen LogP) is 0.0891. The summed E-state index contributed by atoms with van der Waals surface area (Å²) in [5.41, 5.74) is 0. The molecule has 27 heavy (non-hydrogen) atoms. The highest BCUT2D eigenvalue weighted by Crippen LogP contribution is 2.57. The molecule has 0 aromatic heterocycles. The molecule has 3 aliphatic rings. The van der Waals surface area contributed by atoms with E-state index in [1.54, 1.807) is 0 Å². The molecule has 1 N–H and O–H groups in total. The van der Waals surface area contributed by atoms with Gasteiger partial charge in [-0.1, -0.05) is 0 Å². The molecular formula is C14H15F3O9S. The van der Waals surface area contributed by atoms with Crippen molar-refractivity contribution in [3.8, 4) is 0 Å². The Balaban J connectivity index is 1.54. The molecule has 1 saturated heterocycles. The maximum atomic E-state index is 12.7. The lowest BCUT2D eigenvalue weighted by Crippen LogP contribution is -2.41. The summed E-state index contributed by atoms with van der Waals surface area (Å²) in [6, 6.07) is 0. The normalized spacial score (nSPS) is 32.9. The number of carbonyl (C=O) groups excluding carboxylic acids is 3. The summed E-state index contributed by atoms with van der Waals surface area (Å²) in [5, 5.41) is 0. The molecule has 3 fully saturated rings. The number of halogens is 3. The maximum Gasteiger partial charge on any atom is 0.426 e. The van der Waals surface area contributed by atoms with E-state index in [-0.39, 0.29) is 23.7 Å². The quantitative estimate of drug-likeness (QED) is 0.363. The fraction of sp³-hybridized carbons (Fsp3) is 0.786. The molecule has 0 amide bonds. The smallest absolute Gasteiger partial charge is 0.426 e. The summed E-state index contributed by atoms with van der Waals surface area (Å²) < 4.78 is 81.6. The molecule has 9 nitrogen and oxygen atoms in total. The Hall–Kier alpha value is -1.89. The van der Waals surface area contributed by atoms with Crippen LogP contribution < -0.4 is 0 Å². The van der Waals surface area contributed by atoms with Crippen LogP contribution in [0.25, 0.3) is 0 Å². The van der Waals surface area contributed by atoms with Gasteiger partial charge in [0.05, 0.1) is 11.8 Å². The minimum Gasteiger partial charge on any atom is -0.461 e. The summed E-state index contributed by atoms with van der Waals surface area (Å²) in [6.07, 6.45) is -7.96. The van der Waals surface area contributed by atoms with Crippen molar-refractivity contribution in [1.82, 2.24) is 0 Å². The first-order chi connectivity index (χ1) is 12.4. The Bertz CT molecular complexity index is 762. The van der Waals surface area contributed by atoms with Crippen molar-refractivity contribution in [1.29, 1.82) is 0 Å². The third-order valence-corrected chi connectivity index (χ3v) is 5.82. The summed E-state index contributed by atoms with van der Waals surface area (Å²) in [5.74, 6) is -6.08. The molecule has 2 bridgehead atoms. The Kier molecular flexibility index (Phi) is 4.87. The minimum atomic E-state index is -5.24. The predicted molar refractivity (Wildman–Crippen MR) is 76.4 cm³/mol. The number of alkyl halides is 3. The lowest BCUT2D eigenvalue weighted by atomic mass is 9.82. The largest absolute Gasteiger partial charge is 0.461 e. The minimum absolute atomic E-state index is 0.101. The van der Waals surface area contributed by atoms with E-state index in [1.807, 2.05) is 0 Å². The van der Waals surface area contributed by atoms with Crippen molar-refractivity contribution >= 4 is 28.0 Å². The molecule has 6 unspecified atom stereocenters. The van der Waals surface area contributed by atoms with Crippen molar-refractivity contribution in [2.45, 2.75) is 31.2 Å². The van der Waals surface area contributed by atoms with E-state index in [2.05, 4.69) is 9.47 Å². The van der Waals surface area contributed by atoms with Gasteiger partial charge in [-0.15, -0.1) is 0 Å². The molecular weight excluding hydrogens is 401 g/mol. The molecule has 1 heterocycles. The number of hydrogen-bond donors (Lipinski definition) is 1. The van der Waals surface area contributed by atoms with E-state index in [0.717, 1.165) is 0 Å². The Morgan fingerprint density at radius 1 is 1.30 bits per heavy atom. The first-order valence-corrected chi connectivity index (χ1v) is 9.56. The molecule has 3 rings (SSSR count).